The van der Waals surface area contributed by atoms with Crippen molar-refractivity contribution >= 4 is 28.0 Å². The van der Waals surface area contributed by atoms with Gasteiger partial charge in [0.1, 0.15) is 17.1 Å². The number of H-pyrrole nitrogens is 1. The highest BCUT2D eigenvalue weighted by atomic mass is 16.5. The van der Waals surface area contributed by atoms with Gasteiger partial charge in [-0.2, -0.15) is 5.10 Å². The van der Waals surface area contributed by atoms with Gasteiger partial charge in [-0.25, -0.2) is 10.4 Å². The lowest BCUT2D eigenvalue weighted by Gasteiger charge is -2.06. The van der Waals surface area contributed by atoms with E-state index < -0.39 is 0 Å². The number of para-hydroxylation sites is 3. The molecule has 142 valence electrons. The Morgan fingerprint density at radius 3 is 2.59 bits per heavy atom. The first-order valence-corrected chi connectivity index (χ1v) is 9.22. The number of imidazole rings is 1. The van der Waals surface area contributed by atoms with E-state index in [9.17, 15) is 0 Å². The molecule has 0 atom stereocenters. The zero-order chi connectivity index (χ0) is 19.6. The molecule has 0 spiro atoms. The van der Waals surface area contributed by atoms with Crippen LogP contribution >= 0.6 is 0 Å². The van der Waals surface area contributed by atoms with E-state index in [1.54, 1.807) is 7.11 Å². The normalized spacial score (nSPS) is 11.8. The number of fused-ring (bicyclic) bond motifs is 2. The number of ether oxygens (including phenoxy) is 1. The average molecular weight is 382 g/mol. The first kappa shape index (κ1) is 17.1. The third kappa shape index (κ3) is 3.32. The van der Waals surface area contributed by atoms with Crippen molar-refractivity contribution in [1.29, 1.82) is 0 Å². The van der Waals surface area contributed by atoms with Crippen LogP contribution in [-0.4, -0.2) is 17.1 Å². The summed E-state index contributed by atoms with van der Waals surface area (Å²) in [6.45, 7) is 0. The predicted molar refractivity (Wildman–Crippen MR) is 113 cm³/mol. The predicted octanol–water partition coefficient (Wildman–Crippen LogP) is 4.91. The molecule has 0 amide bonds. The number of methoxy groups -OCH3 is 1. The highest BCUT2D eigenvalue weighted by Gasteiger charge is 2.07. The van der Waals surface area contributed by atoms with Crippen LogP contribution < -0.4 is 15.5 Å². The molecule has 0 unspecified atom stereocenters. The lowest BCUT2D eigenvalue weighted by atomic mass is 10.1. The van der Waals surface area contributed by atoms with Gasteiger partial charge in [-0.1, -0.05) is 24.3 Å². The summed E-state index contributed by atoms with van der Waals surface area (Å²) in [6, 6.07) is 25.3. The number of benzene rings is 3. The fourth-order valence-electron chi connectivity index (χ4n) is 3.23. The van der Waals surface area contributed by atoms with E-state index in [0.29, 0.717) is 5.95 Å². The fourth-order valence-corrected chi connectivity index (χ4v) is 3.23. The molecule has 0 radical (unpaired) electrons. The monoisotopic (exact) mass is 382 g/mol. The highest BCUT2D eigenvalue weighted by molar-refractivity contribution is 5.79. The Bertz CT molecular complexity index is 1330. The van der Waals surface area contributed by atoms with Crippen LogP contribution in [0.25, 0.3) is 33.3 Å². The number of nitrogens with zero attached hydrogens (tertiary/aromatic N) is 2. The maximum Gasteiger partial charge on any atom is 0.222 e. The molecule has 29 heavy (non-hydrogen) atoms. The molecule has 0 aliphatic heterocycles. The smallest absolute Gasteiger partial charge is 0.222 e. The van der Waals surface area contributed by atoms with E-state index in [4.69, 9.17) is 9.15 Å². The van der Waals surface area contributed by atoms with Gasteiger partial charge in [0.2, 0.25) is 5.95 Å². The van der Waals surface area contributed by atoms with Crippen LogP contribution in [0.1, 0.15) is 0 Å². The number of hydrogen-bond acceptors (Lipinski definition) is 5. The van der Waals surface area contributed by atoms with E-state index in [2.05, 4.69) is 20.5 Å². The van der Waals surface area contributed by atoms with Crippen molar-refractivity contribution in [3.05, 3.63) is 84.2 Å². The topological polar surface area (TPSA) is 75.4 Å². The lowest BCUT2D eigenvalue weighted by Crippen LogP contribution is -2.07. The van der Waals surface area contributed by atoms with Gasteiger partial charge in [0.15, 0.2) is 0 Å². The minimum atomic E-state index is 0.585. The molecule has 0 bridgehead atoms. The molecule has 5 aromatic rings. The third-order valence-corrected chi connectivity index (χ3v) is 4.70. The SMILES string of the molecule is COc1ccc(-c2cc(=NNc3nc4ccccc4[nH]3)c3ccccc3o2)cc1. The summed E-state index contributed by atoms with van der Waals surface area (Å²) < 4.78 is 11.4. The zero-order valence-electron chi connectivity index (χ0n) is 15.7. The summed E-state index contributed by atoms with van der Waals surface area (Å²) in [6.07, 6.45) is 0. The van der Waals surface area contributed by atoms with E-state index in [-0.39, 0.29) is 0 Å². The molecule has 0 saturated heterocycles. The van der Waals surface area contributed by atoms with E-state index in [1.165, 1.54) is 0 Å². The average Bonchev–Trinajstić information content (AvgIpc) is 3.20. The Balaban J connectivity index is 1.60. The number of aromatic amines is 1. The molecular formula is C23H18N4O2. The van der Waals surface area contributed by atoms with Gasteiger partial charge in [0.05, 0.1) is 23.5 Å². The minimum absolute atomic E-state index is 0.585. The number of nitrogens with one attached hydrogen (secondary N) is 2. The number of hydrogen-bond donors (Lipinski definition) is 2. The Hall–Kier alpha value is -4.06. The summed E-state index contributed by atoms with van der Waals surface area (Å²) >= 11 is 0. The molecule has 0 saturated carbocycles. The van der Waals surface area contributed by atoms with Gasteiger partial charge >= 0.3 is 0 Å². The van der Waals surface area contributed by atoms with Crippen LogP contribution in [0, 0.1) is 0 Å². The van der Waals surface area contributed by atoms with Crippen molar-refractivity contribution in [2.75, 3.05) is 12.5 Å². The molecular weight excluding hydrogens is 364 g/mol. The van der Waals surface area contributed by atoms with Crippen LogP contribution in [0.2, 0.25) is 0 Å². The molecule has 0 fully saturated rings. The van der Waals surface area contributed by atoms with Crippen molar-refractivity contribution in [2.24, 2.45) is 5.10 Å². The summed E-state index contributed by atoms with van der Waals surface area (Å²) in [7, 11) is 1.65. The molecule has 2 aromatic heterocycles. The number of rotatable bonds is 4. The Morgan fingerprint density at radius 2 is 1.76 bits per heavy atom. The van der Waals surface area contributed by atoms with Gasteiger partial charge in [0, 0.05) is 17.0 Å². The standard InChI is InChI=1S/C23H18N4O2/c1-28-16-12-10-15(11-13-16)22-14-20(17-6-2-5-9-21(17)29-22)26-27-23-24-18-7-3-4-8-19(18)25-23/h2-14H,1H3,(H2,24,25,27). The molecule has 0 aliphatic carbocycles. The lowest BCUT2D eigenvalue weighted by molar-refractivity contribution is 0.415. The maximum atomic E-state index is 6.11. The van der Waals surface area contributed by atoms with Gasteiger partial charge in [-0.15, -0.1) is 0 Å². The van der Waals surface area contributed by atoms with Crippen molar-refractivity contribution in [3.63, 3.8) is 0 Å². The molecule has 3 aromatic carbocycles. The Labute approximate surface area is 166 Å². The van der Waals surface area contributed by atoms with E-state index in [1.807, 2.05) is 78.9 Å². The van der Waals surface area contributed by atoms with Crippen LogP contribution in [0.4, 0.5) is 5.95 Å². The Morgan fingerprint density at radius 1 is 0.966 bits per heavy atom. The van der Waals surface area contributed by atoms with Gasteiger partial charge in [-0.3, -0.25) is 0 Å². The molecule has 6 heteroatoms. The van der Waals surface area contributed by atoms with E-state index >= 15 is 0 Å². The summed E-state index contributed by atoms with van der Waals surface area (Å²) in [5, 5.41) is 6.26. The zero-order valence-corrected chi connectivity index (χ0v) is 15.7. The van der Waals surface area contributed by atoms with Gasteiger partial charge < -0.3 is 14.1 Å². The minimum Gasteiger partial charge on any atom is -0.497 e. The first-order chi connectivity index (χ1) is 14.3. The summed E-state index contributed by atoms with van der Waals surface area (Å²) in [4.78, 5) is 7.73. The van der Waals surface area contributed by atoms with Gasteiger partial charge in [-0.05, 0) is 48.5 Å². The van der Waals surface area contributed by atoms with Crippen molar-refractivity contribution in [2.45, 2.75) is 0 Å². The van der Waals surface area contributed by atoms with Gasteiger partial charge in [0.25, 0.3) is 0 Å². The van der Waals surface area contributed by atoms with Crippen LogP contribution in [0.15, 0.2) is 88.4 Å². The molecule has 2 heterocycles. The quantitative estimate of drug-likeness (QED) is 0.433. The largest absolute Gasteiger partial charge is 0.497 e. The highest BCUT2D eigenvalue weighted by Crippen LogP contribution is 2.24. The molecule has 0 aliphatic rings. The second kappa shape index (κ2) is 7.16. The van der Waals surface area contributed by atoms with Crippen LogP contribution in [-0.2, 0) is 0 Å². The fraction of sp³-hybridized carbons (Fsp3) is 0.0435. The van der Waals surface area contributed by atoms with Crippen molar-refractivity contribution in [1.82, 2.24) is 9.97 Å². The molecule has 6 nitrogen and oxygen atoms in total. The maximum absolute atomic E-state index is 6.11. The second-order valence-corrected chi connectivity index (χ2v) is 6.55. The molecule has 2 N–H and O–H groups in total. The van der Waals surface area contributed by atoms with Crippen LogP contribution in [0.5, 0.6) is 5.75 Å². The third-order valence-electron chi connectivity index (χ3n) is 4.70. The van der Waals surface area contributed by atoms with E-state index in [0.717, 1.165) is 44.4 Å². The van der Waals surface area contributed by atoms with Crippen molar-refractivity contribution in [3.8, 4) is 17.1 Å². The number of anilines is 1. The summed E-state index contributed by atoms with van der Waals surface area (Å²) in [5.41, 5.74) is 6.57. The van der Waals surface area contributed by atoms with Crippen molar-refractivity contribution < 1.29 is 9.15 Å². The number of aromatic nitrogens is 2. The second-order valence-electron chi connectivity index (χ2n) is 6.55. The Kier molecular flexibility index (Phi) is 4.22. The first-order valence-electron chi connectivity index (χ1n) is 9.22. The summed E-state index contributed by atoms with van der Waals surface area (Å²) in [5.74, 6) is 2.10. The molecule has 5 rings (SSSR count). The van der Waals surface area contributed by atoms with Crippen LogP contribution in [0.3, 0.4) is 0 Å².